The lowest BCUT2D eigenvalue weighted by atomic mass is 10.4. The van der Waals surface area contributed by atoms with Crippen molar-refractivity contribution in [3.8, 4) is 0 Å². The van der Waals surface area contributed by atoms with Gasteiger partial charge in [-0.25, -0.2) is 0 Å². The topological polar surface area (TPSA) is 29.1 Å². The van der Waals surface area contributed by atoms with Gasteiger partial charge >= 0.3 is 5.37 Å². The largest absolute Gasteiger partial charge is 0.318 e. The van der Waals surface area contributed by atoms with Crippen LogP contribution in [-0.2, 0) is 11.8 Å². The summed E-state index contributed by atoms with van der Waals surface area (Å²) >= 11 is 16.2. The highest BCUT2D eigenvalue weighted by Gasteiger charge is 2.17. The van der Waals surface area contributed by atoms with Crippen LogP contribution in [0.3, 0.4) is 0 Å². The van der Waals surface area contributed by atoms with E-state index in [0.29, 0.717) is 0 Å². The highest BCUT2D eigenvalue weighted by atomic mass is 35.7. The number of nitrogens with one attached hydrogen (secondary N) is 1. The van der Waals surface area contributed by atoms with Gasteiger partial charge in [0.1, 0.15) is 5.54 Å². The van der Waals surface area contributed by atoms with Crippen LogP contribution in [0, 0.1) is 0 Å². The zero-order chi connectivity index (χ0) is 9.90. The van der Waals surface area contributed by atoms with Crippen molar-refractivity contribution in [3.05, 3.63) is 30.3 Å². The van der Waals surface area contributed by atoms with Gasteiger partial charge in [-0.3, -0.25) is 9.88 Å². The molecule has 6 heteroatoms. The minimum Gasteiger partial charge on any atom is -0.299 e. The Hall–Kier alpha value is -0.0800. The second kappa shape index (κ2) is 4.43. The third kappa shape index (κ3) is 3.28. The third-order valence-electron chi connectivity index (χ3n) is 1.32. The molecule has 1 amide bonds. The first-order valence-corrected chi connectivity index (χ1v) is 7.44. The normalized spacial score (nSPS) is 14.6. The quantitative estimate of drug-likeness (QED) is 0.499. The van der Waals surface area contributed by atoms with Crippen LogP contribution in [-0.4, -0.2) is 5.37 Å². The molecular formula is C7H6Cl2NOPS. The molecular weight excluding hydrogens is 248 g/mol. The molecule has 0 bridgehead atoms. The lowest BCUT2D eigenvalue weighted by molar-refractivity contribution is 0.264. The summed E-state index contributed by atoms with van der Waals surface area (Å²) in [6, 6.07) is 8.98. The summed E-state index contributed by atoms with van der Waals surface area (Å²) < 4.78 is 0. The van der Waals surface area contributed by atoms with Crippen LogP contribution in [0.15, 0.2) is 30.3 Å². The fraction of sp³-hybridized carbons (Fsp3) is 0. The van der Waals surface area contributed by atoms with Gasteiger partial charge in [-0.15, -0.1) is 0 Å². The first-order valence-electron chi connectivity index (χ1n) is 3.35. The number of carbonyl (C=O) groups excluding carboxylic acids is 1. The number of hydrogen-bond donors (Lipinski definition) is 1. The molecule has 1 N–H and O–H groups in total. The molecule has 0 fully saturated rings. The van der Waals surface area contributed by atoms with Crippen molar-refractivity contribution >= 4 is 50.9 Å². The van der Waals surface area contributed by atoms with Gasteiger partial charge in [-0.2, -0.15) is 0 Å². The number of hydrogen-bond acceptors (Lipinski definition) is 2. The Morgan fingerprint density at radius 1 is 1.38 bits per heavy atom. The first kappa shape index (κ1) is 11.0. The van der Waals surface area contributed by atoms with E-state index < -0.39 is 10.9 Å². The average molecular weight is 254 g/mol. The SMILES string of the molecule is O=C(Cl)NP(=S)(Cl)c1ccccc1. The van der Waals surface area contributed by atoms with Crippen molar-refractivity contribution in [2.24, 2.45) is 0 Å². The molecule has 0 heterocycles. The molecule has 0 aliphatic heterocycles. The number of rotatable bonds is 2. The fourth-order valence-corrected chi connectivity index (χ4v) is 3.55. The highest BCUT2D eigenvalue weighted by molar-refractivity contribution is 8.29. The molecule has 0 aliphatic rings. The van der Waals surface area contributed by atoms with Gasteiger partial charge in [-0.05, 0) is 11.6 Å². The molecule has 1 atom stereocenters. The molecule has 1 aromatic carbocycles. The van der Waals surface area contributed by atoms with Crippen LogP contribution < -0.4 is 10.4 Å². The fourth-order valence-electron chi connectivity index (χ4n) is 0.797. The maximum Gasteiger partial charge on any atom is 0.318 e. The third-order valence-corrected chi connectivity index (χ3v) is 4.74. The van der Waals surface area contributed by atoms with Crippen LogP contribution >= 0.6 is 28.4 Å². The predicted molar refractivity (Wildman–Crippen MR) is 60.6 cm³/mol. The second-order valence-electron chi connectivity index (χ2n) is 2.25. The smallest absolute Gasteiger partial charge is 0.299 e. The first-order chi connectivity index (χ1) is 6.02. The average Bonchev–Trinajstić information content (AvgIpc) is 2.04. The van der Waals surface area contributed by atoms with E-state index in [0.717, 1.165) is 5.30 Å². The van der Waals surface area contributed by atoms with Gasteiger partial charge < -0.3 is 0 Å². The zero-order valence-corrected chi connectivity index (χ0v) is 9.63. The van der Waals surface area contributed by atoms with Gasteiger partial charge in [-0.1, -0.05) is 53.4 Å². The molecule has 0 aromatic heterocycles. The summed E-state index contributed by atoms with van der Waals surface area (Å²) in [5.41, 5.74) is -2.53. The summed E-state index contributed by atoms with van der Waals surface area (Å²) in [5.74, 6) is 0. The van der Waals surface area contributed by atoms with Gasteiger partial charge in [0.2, 0.25) is 0 Å². The van der Waals surface area contributed by atoms with Gasteiger partial charge in [0, 0.05) is 5.30 Å². The Balaban J connectivity index is 2.95. The summed E-state index contributed by atoms with van der Waals surface area (Å²) in [7, 11) is 0. The van der Waals surface area contributed by atoms with E-state index in [-0.39, 0.29) is 0 Å². The van der Waals surface area contributed by atoms with Crippen molar-refractivity contribution in [2.75, 3.05) is 0 Å². The lowest BCUT2D eigenvalue weighted by Gasteiger charge is -2.13. The summed E-state index contributed by atoms with van der Waals surface area (Å²) in [5, 5.41) is 2.36. The van der Waals surface area contributed by atoms with Crippen molar-refractivity contribution in [3.63, 3.8) is 0 Å². The number of amides is 1. The van der Waals surface area contributed by atoms with E-state index in [1.807, 2.05) is 6.07 Å². The molecule has 1 unspecified atom stereocenters. The molecule has 1 aromatic rings. The molecule has 0 saturated carbocycles. The molecule has 70 valence electrons. The highest BCUT2D eigenvalue weighted by Crippen LogP contribution is 2.45. The van der Waals surface area contributed by atoms with Crippen LogP contribution in [0.2, 0.25) is 0 Å². The molecule has 0 saturated heterocycles. The van der Waals surface area contributed by atoms with Crippen LogP contribution in [0.25, 0.3) is 0 Å². The number of benzene rings is 1. The molecule has 1 rings (SSSR count). The van der Waals surface area contributed by atoms with Gasteiger partial charge in [0.25, 0.3) is 0 Å². The summed E-state index contributed by atoms with van der Waals surface area (Å²) in [6.07, 6.45) is 0. The van der Waals surface area contributed by atoms with Crippen molar-refractivity contribution < 1.29 is 4.79 Å². The maximum absolute atomic E-state index is 10.6. The van der Waals surface area contributed by atoms with E-state index in [2.05, 4.69) is 5.09 Å². The minimum absolute atomic E-state index is 0.720. The summed E-state index contributed by atoms with van der Waals surface area (Å²) in [4.78, 5) is 10.6. The van der Waals surface area contributed by atoms with Crippen LogP contribution in [0.4, 0.5) is 4.79 Å². The maximum atomic E-state index is 10.6. The standard InChI is InChI=1S/C7H6Cl2NOPS/c8-7(11)10-12(9,13)6-4-2-1-3-5-6/h1-5H,(H,10,11,13). The Labute approximate surface area is 91.1 Å². The van der Waals surface area contributed by atoms with E-state index in [9.17, 15) is 4.79 Å². The minimum atomic E-state index is -2.53. The number of carbonyl (C=O) groups is 1. The molecule has 0 spiro atoms. The molecule has 0 radical (unpaired) electrons. The second-order valence-corrected chi connectivity index (χ2v) is 8.17. The van der Waals surface area contributed by atoms with E-state index in [1.54, 1.807) is 24.3 Å². The number of halogens is 2. The molecule has 2 nitrogen and oxygen atoms in total. The Bertz CT molecular complexity index is 357. The van der Waals surface area contributed by atoms with Crippen molar-refractivity contribution in [2.45, 2.75) is 0 Å². The van der Waals surface area contributed by atoms with Crippen molar-refractivity contribution in [1.82, 2.24) is 5.09 Å². The van der Waals surface area contributed by atoms with Gasteiger partial charge in [0.15, 0.2) is 0 Å². The van der Waals surface area contributed by atoms with Gasteiger partial charge in [0.05, 0.1) is 0 Å². The molecule has 13 heavy (non-hydrogen) atoms. The van der Waals surface area contributed by atoms with Crippen LogP contribution in [0.5, 0.6) is 0 Å². The predicted octanol–water partition coefficient (Wildman–Crippen LogP) is 2.81. The summed E-state index contributed by atoms with van der Waals surface area (Å²) in [6.45, 7) is 0. The van der Waals surface area contributed by atoms with E-state index in [4.69, 9.17) is 34.6 Å². The van der Waals surface area contributed by atoms with Crippen molar-refractivity contribution in [1.29, 1.82) is 0 Å². The Morgan fingerprint density at radius 2 is 1.92 bits per heavy atom. The molecule has 0 aliphatic carbocycles. The van der Waals surface area contributed by atoms with Crippen LogP contribution in [0.1, 0.15) is 0 Å². The lowest BCUT2D eigenvalue weighted by Crippen LogP contribution is -2.17. The Kier molecular flexibility index (Phi) is 3.74. The van der Waals surface area contributed by atoms with E-state index >= 15 is 0 Å². The monoisotopic (exact) mass is 253 g/mol. The zero-order valence-electron chi connectivity index (χ0n) is 6.41. The van der Waals surface area contributed by atoms with E-state index in [1.165, 1.54) is 0 Å². The Morgan fingerprint density at radius 3 is 2.38 bits per heavy atom.